The second-order valence-corrected chi connectivity index (χ2v) is 6.12. The number of nitrogens with zero attached hydrogens (tertiary/aromatic N) is 2. The maximum absolute atomic E-state index is 13.4. The Labute approximate surface area is 163 Å². The lowest BCUT2D eigenvalue weighted by Gasteiger charge is -2.31. The van der Waals surface area contributed by atoms with Crippen LogP contribution >= 0.6 is 0 Å². The van der Waals surface area contributed by atoms with Crippen LogP contribution in [0.4, 0.5) is 9.59 Å². The molecule has 0 radical (unpaired) electrons. The van der Waals surface area contributed by atoms with Crippen LogP contribution in [0.25, 0.3) is 0 Å². The molecule has 28 heavy (non-hydrogen) atoms. The maximum Gasteiger partial charge on any atom is 0.430 e. The molecule has 0 bridgehead atoms. The predicted octanol–water partition coefficient (Wildman–Crippen LogP) is 3.88. The van der Waals surface area contributed by atoms with Crippen LogP contribution in [0.1, 0.15) is 37.1 Å². The van der Waals surface area contributed by atoms with Crippen molar-refractivity contribution in [2.45, 2.75) is 25.9 Å². The zero-order valence-electron chi connectivity index (χ0n) is 15.8. The van der Waals surface area contributed by atoms with Gasteiger partial charge in [0, 0.05) is 0 Å². The highest BCUT2D eigenvalue weighted by atomic mass is 16.6. The minimum absolute atomic E-state index is 0.109. The Morgan fingerprint density at radius 1 is 0.750 bits per heavy atom. The second kappa shape index (κ2) is 8.56. The van der Waals surface area contributed by atoms with Crippen LogP contribution in [0.2, 0.25) is 0 Å². The minimum Gasteiger partial charge on any atom is -0.448 e. The zero-order valence-corrected chi connectivity index (χ0v) is 15.8. The Kier molecular flexibility index (Phi) is 5.93. The van der Waals surface area contributed by atoms with Crippen molar-refractivity contribution in [2.75, 3.05) is 13.2 Å². The Morgan fingerprint density at radius 3 is 1.43 bits per heavy atom. The highest BCUT2D eigenvalue weighted by Gasteiger charge is 2.54. The lowest BCUT2D eigenvalue weighted by molar-refractivity contribution is -0.121. The standard InChI is InChI=1S/C21H22N2O5/c1-3-27-20(25)22-17(15-11-7-5-8-12-15)19(24)18(16-13-9-6-10-14-16)23(22)21(26)28-4-2/h5-14,17-18H,3-4H2,1-2H3/t17-,18+. The van der Waals surface area contributed by atoms with Crippen LogP contribution in [-0.4, -0.2) is 41.2 Å². The first-order chi connectivity index (χ1) is 13.6. The van der Waals surface area contributed by atoms with E-state index >= 15 is 0 Å². The van der Waals surface area contributed by atoms with Gasteiger partial charge in [-0.1, -0.05) is 60.7 Å². The third kappa shape index (κ3) is 3.55. The van der Waals surface area contributed by atoms with Crippen molar-refractivity contribution < 1.29 is 23.9 Å². The summed E-state index contributed by atoms with van der Waals surface area (Å²) in [6.07, 6.45) is -1.56. The molecule has 0 aliphatic carbocycles. The molecule has 1 aliphatic rings. The number of benzene rings is 2. The number of hydrazine groups is 1. The number of carbonyl (C=O) groups is 3. The molecular weight excluding hydrogens is 360 g/mol. The first-order valence-corrected chi connectivity index (χ1v) is 9.15. The van der Waals surface area contributed by atoms with Gasteiger partial charge in [-0.3, -0.25) is 4.79 Å². The fourth-order valence-electron chi connectivity index (χ4n) is 3.29. The van der Waals surface area contributed by atoms with E-state index in [4.69, 9.17) is 9.47 Å². The molecule has 2 amide bonds. The lowest BCUT2D eigenvalue weighted by Crippen LogP contribution is -2.47. The largest absolute Gasteiger partial charge is 0.448 e. The molecule has 2 atom stereocenters. The summed E-state index contributed by atoms with van der Waals surface area (Å²) >= 11 is 0. The normalized spacial score (nSPS) is 18.9. The van der Waals surface area contributed by atoms with Crippen molar-refractivity contribution in [3.05, 3.63) is 71.8 Å². The Bertz CT molecular complexity index is 771. The van der Waals surface area contributed by atoms with Crippen LogP contribution in [-0.2, 0) is 14.3 Å². The Morgan fingerprint density at radius 2 is 1.11 bits per heavy atom. The molecular formula is C21H22N2O5. The van der Waals surface area contributed by atoms with Gasteiger partial charge in [0.2, 0.25) is 0 Å². The Balaban J connectivity index is 2.15. The summed E-state index contributed by atoms with van der Waals surface area (Å²) in [5.41, 5.74) is 1.18. The highest BCUT2D eigenvalue weighted by molar-refractivity contribution is 5.99. The average Bonchev–Trinajstić information content (AvgIpc) is 3.03. The topological polar surface area (TPSA) is 76.2 Å². The van der Waals surface area contributed by atoms with E-state index in [0.717, 1.165) is 10.0 Å². The number of ketones is 1. The number of rotatable bonds is 4. The summed E-state index contributed by atoms with van der Waals surface area (Å²) in [5.74, 6) is -0.307. The molecule has 1 saturated heterocycles. The van der Waals surface area contributed by atoms with E-state index < -0.39 is 24.3 Å². The summed E-state index contributed by atoms with van der Waals surface area (Å²) in [5, 5.41) is 2.13. The number of amides is 2. The minimum atomic E-state index is -0.991. The molecule has 2 aromatic carbocycles. The highest BCUT2D eigenvalue weighted by Crippen LogP contribution is 2.42. The molecule has 7 nitrogen and oxygen atoms in total. The van der Waals surface area contributed by atoms with E-state index in [-0.39, 0.29) is 19.0 Å². The summed E-state index contributed by atoms with van der Waals surface area (Å²) < 4.78 is 10.3. The summed E-state index contributed by atoms with van der Waals surface area (Å²) in [6.45, 7) is 3.54. The SMILES string of the molecule is CCOC(=O)N1[C@@H](c2ccccc2)C(=O)[C@@H](c2ccccc2)N1C(=O)OCC. The molecule has 3 rings (SSSR count). The van der Waals surface area contributed by atoms with Crippen molar-refractivity contribution in [1.82, 2.24) is 10.0 Å². The van der Waals surface area contributed by atoms with Crippen molar-refractivity contribution in [2.24, 2.45) is 0 Å². The van der Waals surface area contributed by atoms with Crippen LogP contribution < -0.4 is 0 Å². The van der Waals surface area contributed by atoms with Crippen molar-refractivity contribution >= 4 is 18.0 Å². The molecule has 1 aliphatic heterocycles. The fourth-order valence-corrected chi connectivity index (χ4v) is 3.29. The van der Waals surface area contributed by atoms with E-state index in [2.05, 4.69) is 0 Å². The van der Waals surface area contributed by atoms with Gasteiger partial charge in [0.1, 0.15) is 12.1 Å². The van der Waals surface area contributed by atoms with Gasteiger partial charge in [0.15, 0.2) is 5.78 Å². The van der Waals surface area contributed by atoms with Crippen LogP contribution in [0.5, 0.6) is 0 Å². The van der Waals surface area contributed by atoms with Crippen LogP contribution in [0.15, 0.2) is 60.7 Å². The van der Waals surface area contributed by atoms with E-state index in [9.17, 15) is 14.4 Å². The molecule has 0 unspecified atom stereocenters. The van der Waals surface area contributed by atoms with E-state index in [1.54, 1.807) is 62.4 Å². The van der Waals surface area contributed by atoms with Crippen LogP contribution in [0, 0.1) is 0 Å². The smallest absolute Gasteiger partial charge is 0.430 e. The van der Waals surface area contributed by atoms with E-state index in [1.807, 2.05) is 12.1 Å². The Hall–Kier alpha value is -3.35. The fraction of sp³-hybridized carbons (Fsp3) is 0.286. The summed E-state index contributed by atoms with van der Waals surface area (Å²) in [6, 6.07) is 15.7. The molecule has 1 fully saturated rings. The monoisotopic (exact) mass is 382 g/mol. The quantitative estimate of drug-likeness (QED) is 0.802. The van der Waals surface area contributed by atoms with Gasteiger partial charge in [-0.25, -0.2) is 9.59 Å². The first kappa shape index (κ1) is 19.4. The average molecular weight is 382 g/mol. The molecule has 146 valence electrons. The van der Waals surface area contributed by atoms with Gasteiger partial charge in [-0.2, -0.15) is 10.0 Å². The maximum atomic E-state index is 13.4. The van der Waals surface area contributed by atoms with Gasteiger partial charge in [-0.05, 0) is 25.0 Å². The number of carbonyl (C=O) groups excluding carboxylic acids is 3. The third-order valence-electron chi connectivity index (χ3n) is 4.40. The van der Waals surface area contributed by atoms with Gasteiger partial charge in [-0.15, -0.1) is 0 Å². The van der Waals surface area contributed by atoms with Gasteiger partial charge >= 0.3 is 12.2 Å². The van der Waals surface area contributed by atoms with Gasteiger partial charge in [0.25, 0.3) is 0 Å². The summed E-state index contributed by atoms with van der Waals surface area (Å²) in [4.78, 5) is 39.0. The predicted molar refractivity (Wildman–Crippen MR) is 101 cm³/mol. The first-order valence-electron chi connectivity index (χ1n) is 9.15. The number of hydrogen-bond donors (Lipinski definition) is 0. The molecule has 2 aromatic rings. The van der Waals surface area contributed by atoms with E-state index in [0.29, 0.717) is 11.1 Å². The summed E-state index contributed by atoms with van der Waals surface area (Å²) in [7, 11) is 0. The molecule has 1 heterocycles. The number of ether oxygens (including phenoxy) is 2. The molecule has 0 saturated carbocycles. The molecule has 0 spiro atoms. The van der Waals surface area contributed by atoms with Crippen molar-refractivity contribution in [1.29, 1.82) is 0 Å². The van der Waals surface area contributed by atoms with E-state index in [1.165, 1.54) is 0 Å². The second-order valence-electron chi connectivity index (χ2n) is 6.12. The zero-order chi connectivity index (χ0) is 20.1. The van der Waals surface area contributed by atoms with Crippen LogP contribution in [0.3, 0.4) is 0 Å². The van der Waals surface area contributed by atoms with Gasteiger partial charge < -0.3 is 9.47 Å². The number of Topliss-reactive ketones (excluding diaryl/α,β-unsaturated/α-hetero) is 1. The number of hydrogen-bond acceptors (Lipinski definition) is 5. The molecule has 0 N–H and O–H groups in total. The lowest BCUT2D eigenvalue weighted by atomic mass is 9.95. The van der Waals surface area contributed by atoms with Crippen molar-refractivity contribution in [3.63, 3.8) is 0 Å². The van der Waals surface area contributed by atoms with Crippen molar-refractivity contribution in [3.8, 4) is 0 Å². The van der Waals surface area contributed by atoms with Gasteiger partial charge in [0.05, 0.1) is 13.2 Å². The molecule has 0 aromatic heterocycles. The third-order valence-corrected chi connectivity index (χ3v) is 4.40. The molecule has 7 heteroatoms.